The zero-order chi connectivity index (χ0) is 9.26. The highest BCUT2D eigenvalue weighted by atomic mass is 79.9. The number of halogens is 2. The van der Waals surface area contributed by atoms with Crippen LogP contribution in [0.3, 0.4) is 0 Å². The van der Waals surface area contributed by atoms with Gasteiger partial charge in [-0.25, -0.2) is 9.37 Å². The zero-order valence-corrected chi connectivity index (χ0v) is 7.82. The number of pyridine rings is 1. The fraction of sp³-hybridized carbons (Fsp3) is 0. The first-order chi connectivity index (χ1) is 6.25. The molecule has 0 bridgehead atoms. The van der Waals surface area contributed by atoms with Crippen molar-refractivity contribution in [3.8, 4) is 11.6 Å². The van der Waals surface area contributed by atoms with Crippen LogP contribution >= 0.6 is 15.9 Å². The summed E-state index contributed by atoms with van der Waals surface area (Å²) in [6.07, 6.45) is 1.09. The van der Waals surface area contributed by atoms with Gasteiger partial charge in [-0.1, -0.05) is 0 Å². The van der Waals surface area contributed by atoms with Gasteiger partial charge in [0.1, 0.15) is 11.5 Å². The van der Waals surface area contributed by atoms with Gasteiger partial charge in [0.15, 0.2) is 0 Å². The Balaban J connectivity index is 2.41. The van der Waals surface area contributed by atoms with Crippen LogP contribution in [0.4, 0.5) is 4.39 Å². The maximum Gasteiger partial charge on any atom is 0.277 e. The van der Waals surface area contributed by atoms with Gasteiger partial charge in [0.25, 0.3) is 5.89 Å². The van der Waals surface area contributed by atoms with Crippen molar-refractivity contribution in [2.75, 3.05) is 0 Å². The van der Waals surface area contributed by atoms with Gasteiger partial charge in [-0.15, -0.1) is 0 Å². The Kier molecular flexibility index (Phi) is 2.05. The summed E-state index contributed by atoms with van der Waals surface area (Å²) in [5.41, 5.74) is 0.444. The van der Waals surface area contributed by atoms with Gasteiger partial charge in [-0.05, 0) is 33.2 Å². The first kappa shape index (κ1) is 8.31. The van der Waals surface area contributed by atoms with Gasteiger partial charge >= 0.3 is 0 Å². The molecule has 0 aliphatic heterocycles. The predicted octanol–water partition coefficient (Wildman–Crippen LogP) is 2.03. The summed E-state index contributed by atoms with van der Waals surface area (Å²) in [4.78, 5) is 7.63. The summed E-state index contributed by atoms with van der Waals surface area (Å²) in [5.74, 6) is -0.144. The molecule has 0 amide bonds. The highest BCUT2D eigenvalue weighted by molar-refractivity contribution is 9.10. The minimum atomic E-state index is -0.401. The first-order valence-electron chi connectivity index (χ1n) is 3.37. The van der Waals surface area contributed by atoms with E-state index in [4.69, 9.17) is 4.52 Å². The molecular weight excluding hydrogens is 241 g/mol. The molecule has 13 heavy (non-hydrogen) atoms. The Morgan fingerprint density at radius 3 is 2.77 bits per heavy atom. The van der Waals surface area contributed by atoms with Crippen LogP contribution in [0.5, 0.6) is 0 Å². The maximum atomic E-state index is 12.5. The van der Waals surface area contributed by atoms with Crippen LogP contribution < -0.4 is 0 Å². The average Bonchev–Trinajstić information content (AvgIpc) is 2.53. The lowest BCUT2D eigenvalue weighted by molar-refractivity contribution is 0.425. The second-order valence-electron chi connectivity index (χ2n) is 2.23. The molecule has 2 aromatic rings. The zero-order valence-electron chi connectivity index (χ0n) is 6.24. The van der Waals surface area contributed by atoms with E-state index in [1.807, 2.05) is 0 Å². The van der Waals surface area contributed by atoms with Crippen LogP contribution in [0.1, 0.15) is 0 Å². The van der Waals surface area contributed by atoms with Crippen molar-refractivity contribution in [3.63, 3.8) is 0 Å². The molecule has 2 heterocycles. The Labute approximate surface area is 80.9 Å². The molecule has 0 radical (unpaired) electrons. The molecule has 0 fully saturated rings. The van der Waals surface area contributed by atoms with Crippen molar-refractivity contribution in [1.29, 1.82) is 0 Å². The molecule has 66 valence electrons. The minimum absolute atomic E-state index is 0.256. The highest BCUT2D eigenvalue weighted by Gasteiger charge is 2.07. The molecule has 2 rings (SSSR count). The normalized spacial score (nSPS) is 10.3. The van der Waals surface area contributed by atoms with Gasteiger partial charge in [0.2, 0.25) is 4.73 Å². The Bertz CT molecular complexity index is 414. The molecule has 6 heteroatoms. The second kappa shape index (κ2) is 3.21. The van der Waals surface area contributed by atoms with Crippen LogP contribution in [-0.4, -0.2) is 15.1 Å². The lowest BCUT2D eigenvalue weighted by atomic mass is 10.3. The SMILES string of the molecule is Fc1ccc(-c2nc(Br)no2)nc1. The van der Waals surface area contributed by atoms with E-state index in [2.05, 4.69) is 31.1 Å². The van der Waals surface area contributed by atoms with E-state index in [1.54, 1.807) is 0 Å². The molecule has 0 aliphatic carbocycles. The van der Waals surface area contributed by atoms with Gasteiger partial charge in [0, 0.05) is 0 Å². The summed E-state index contributed by atoms with van der Waals surface area (Å²) in [6, 6.07) is 2.75. The Morgan fingerprint density at radius 1 is 1.38 bits per heavy atom. The summed E-state index contributed by atoms with van der Waals surface area (Å²) >= 11 is 3.03. The topological polar surface area (TPSA) is 51.8 Å². The smallest absolute Gasteiger partial charge is 0.277 e. The Hall–Kier alpha value is -1.30. The lowest BCUT2D eigenvalue weighted by Crippen LogP contribution is -1.83. The quantitative estimate of drug-likeness (QED) is 0.770. The molecule has 4 nitrogen and oxygen atoms in total. The van der Waals surface area contributed by atoms with E-state index in [0.29, 0.717) is 10.4 Å². The maximum absolute atomic E-state index is 12.5. The summed E-state index contributed by atoms with van der Waals surface area (Å²) in [7, 11) is 0. The van der Waals surface area contributed by atoms with E-state index in [1.165, 1.54) is 12.1 Å². The van der Waals surface area contributed by atoms with Crippen LogP contribution in [0.2, 0.25) is 0 Å². The molecule has 0 atom stereocenters. The van der Waals surface area contributed by atoms with Gasteiger partial charge < -0.3 is 4.52 Å². The summed E-state index contributed by atoms with van der Waals surface area (Å²) < 4.78 is 17.6. The van der Waals surface area contributed by atoms with Gasteiger partial charge in [-0.3, -0.25) is 0 Å². The molecule has 0 aliphatic rings. The monoisotopic (exact) mass is 243 g/mol. The number of aromatic nitrogens is 3. The standard InChI is InChI=1S/C7H3BrFN3O/c8-7-11-6(13-12-7)5-2-1-4(9)3-10-5/h1-3H. The van der Waals surface area contributed by atoms with E-state index >= 15 is 0 Å². The van der Waals surface area contributed by atoms with Crippen LogP contribution in [0.15, 0.2) is 27.6 Å². The third-order valence-corrected chi connectivity index (χ3v) is 1.67. The van der Waals surface area contributed by atoms with E-state index < -0.39 is 5.82 Å². The van der Waals surface area contributed by atoms with Crippen molar-refractivity contribution in [1.82, 2.24) is 15.1 Å². The number of hydrogen-bond acceptors (Lipinski definition) is 4. The van der Waals surface area contributed by atoms with Crippen LogP contribution in [0, 0.1) is 5.82 Å². The van der Waals surface area contributed by atoms with Gasteiger partial charge in [-0.2, -0.15) is 4.98 Å². The fourth-order valence-corrected chi connectivity index (χ4v) is 1.05. The fourth-order valence-electron chi connectivity index (χ4n) is 0.812. The largest absolute Gasteiger partial charge is 0.331 e. The summed E-state index contributed by atoms with van der Waals surface area (Å²) in [6.45, 7) is 0. The van der Waals surface area contributed by atoms with Crippen molar-refractivity contribution in [3.05, 3.63) is 28.9 Å². The molecule has 0 N–H and O–H groups in total. The van der Waals surface area contributed by atoms with Crippen LogP contribution in [-0.2, 0) is 0 Å². The van der Waals surface area contributed by atoms with Crippen molar-refractivity contribution in [2.24, 2.45) is 0 Å². The molecule has 0 unspecified atom stereocenters. The molecule has 0 saturated carbocycles. The van der Waals surface area contributed by atoms with Crippen molar-refractivity contribution >= 4 is 15.9 Å². The second-order valence-corrected chi connectivity index (χ2v) is 2.94. The first-order valence-corrected chi connectivity index (χ1v) is 4.16. The number of nitrogens with zero attached hydrogens (tertiary/aromatic N) is 3. The Morgan fingerprint density at radius 2 is 2.23 bits per heavy atom. The third-order valence-electron chi connectivity index (χ3n) is 1.35. The molecular formula is C7H3BrFN3O. The average molecular weight is 244 g/mol. The molecule has 0 aromatic carbocycles. The third kappa shape index (κ3) is 1.72. The predicted molar refractivity (Wildman–Crippen MR) is 45.2 cm³/mol. The summed E-state index contributed by atoms with van der Waals surface area (Å²) in [5, 5.41) is 3.51. The molecule has 2 aromatic heterocycles. The molecule has 0 spiro atoms. The van der Waals surface area contributed by atoms with E-state index in [-0.39, 0.29) is 5.89 Å². The van der Waals surface area contributed by atoms with Gasteiger partial charge in [0.05, 0.1) is 6.20 Å². The van der Waals surface area contributed by atoms with Crippen molar-refractivity contribution < 1.29 is 8.91 Å². The van der Waals surface area contributed by atoms with E-state index in [9.17, 15) is 4.39 Å². The molecule has 0 saturated heterocycles. The highest BCUT2D eigenvalue weighted by Crippen LogP contribution is 2.15. The number of hydrogen-bond donors (Lipinski definition) is 0. The van der Waals surface area contributed by atoms with Crippen LogP contribution in [0.25, 0.3) is 11.6 Å². The minimum Gasteiger partial charge on any atom is -0.331 e. The van der Waals surface area contributed by atoms with Crippen molar-refractivity contribution in [2.45, 2.75) is 0 Å². The lowest BCUT2D eigenvalue weighted by Gasteiger charge is -1.90. The van der Waals surface area contributed by atoms with E-state index in [0.717, 1.165) is 6.20 Å². The number of rotatable bonds is 1.